The standard InChI is InChI=1S/C20H22N2O6/c1-12-20(2,17(24)11-28-12)22-19(26)16(9-13-3-5-15(23)6-4-13)21-18(25)14-7-8-27-10-14/h3-8,10,12,16,23H,9,11H2,1-2H3,(H,21,25)(H,22,26)/t12-,16+,20-/m1/s1. The second-order valence-electron chi connectivity index (χ2n) is 6.98. The Morgan fingerprint density at radius 3 is 2.57 bits per heavy atom. The third-order valence-electron chi connectivity index (χ3n) is 5.02. The first-order valence-electron chi connectivity index (χ1n) is 8.87. The Hall–Kier alpha value is -3.13. The Labute approximate surface area is 161 Å². The topological polar surface area (TPSA) is 118 Å². The van der Waals surface area contributed by atoms with E-state index in [1.807, 2.05) is 0 Å². The number of ketones is 1. The van der Waals surface area contributed by atoms with E-state index in [-0.39, 0.29) is 30.1 Å². The Kier molecular flexibility index (Phi) is 5.51. The summed E-state index contributed by atoms with van der Waals surface area (Å²) in [5.41, 5.74) is -0.147. The summed E-state index contributed by atoms with van der Waals surface area (Å²) in [5, 5.41) is 14.9. The number of amides is 2. The number of ether oxygens (including phenoxy) is 1. The van der Waals surface area contributed by atoms with Gasteiger partial charge in [-0.1, -0.05) is 12.1 Å². The quantitative estimate of drug-likeness (QED) is 0.686. The Morgan fingerprint density at radius 2 is 2.00 bits per heavy atom. The van der Waals surface area contributed by atoms with Crippen LogP contribution < -0.4 is 10.6 Å². The Balaban J connectivity index is 1.80. The molecule has 0 saturated carbocycles. The van der Waals surface area contributed by atoms with Gasteiger partial charge < -0.3 is 24.9 Å². The van der Waals surface area contributed by atoms with Crippen molar-refractivity contribution in [2.75, 3.05) is 6.61 Å². The molecule has 148 valence electrons. The van der Waals surface area contributed by atoms with Gasteiger partial charge in [0.05, 0.1) is 17.9 Å². The molecule has 2 heterocycles. The van der Waals surface area contributed by atoms with Gasteiger partial charge in [0.15, 0.2) is 5.78 Å². The van der Waals surface area contributed by atoms with Crippen molar-refractivity contribution in [1.82, 2.24) is 10.6 Å². The van der Waals surface area contributed by atoms with Crippen LogP contribution in [0.4, 0.5) is 0 Å². The second kappa shape index (κ2) is 7.85. The lowest BCUT2D eigenvalue weighted by Crippen LogP contribution is -2.60. The zero-order chi connectivity index (χ0) is 20.3. The van der Waals surface area contributed by atoms with Crippen molar-refractivity contribution >= 4 is 17.6 Å². The fourth-order valence-corrected chi connectivity index (χ4v) is 2.97. The molecule has 1 aliphatic rings. The van der Waals surface area contributed by atoms with Crippen LogP contribution in [-0.4, -0.2) is 47.0 Å². The lowest BCUT2D eigenvalue weighted by molar-refractivity contribution is -0.130. The van der Waals surface area contributed by atoms with Gasteiger partial charge in [-0.2, -0.15) is 0 Å². The van der Waals surface area contributed by atoms with Gasteiger partial charge in [0, 0.05) is 6.42 Å². The van der Waals surface area contributed by atoms with Gasteiger partial charge in [0.25, 0.3) is 5.91 Å². The molecule has 0 aliphatic carbocycles. The van der Waals surface area contributed by atoms with Crippen molar-refractivity contribution in [3.8, 4) is 5.75 Å². The van der Waals surface area contributed by atoms with E-state index in [2.05, 4.69) is 10.6 Å². The van der Waals surface area contributed by atoms with E-state index in [4.69, 9.17) is 9.15 Å². The Bertz CT molecular complexity index is 861. The van der Waals surface area contributed by atoms with E-state index in [0.29, 0.717) is 0 Å². The maximum absolute atomic E-state index is 13.0. The number of phenols is 1. The molecule has 0 unspecified atom stereocenters. The molecule has 3 N–H and O–H groups in total. The fourth-order valence-electron chi connectivity index (χ4n) is 2.97. The molecule has 1 aliphatic heterocycles. The van der Waals surface area contributed by atoms with Crippen molar-refractivity contribution in [3.05, 3.63) is 54.0 Å². The molecule has 2 aromatic rings. The number of phenolic OH excluding ortho intramolecular Hbond substituents is 1. The maximum Gasteiger partial charge on any atom is 0.255 e. The summed E-state index contributed by atoms with van der Waals surface area (Å²) in [4.78, 5) is 37.6. The highest BCUT2D eigenvalue weighted by molar-refractivity contribution is 6.00. The van der Waals surface area contributed by atoms with Gasteiger partial charge in [-0.15, -0.1) is 0 Å². The molecule has 1 saturated heterocycles. The molecule has 2 amide bonds. The molecular weight excluding hydrogens is 364 g/mol. The Morgan fingerprint density at radius 1 is 1.29 bits per heavy atom. The molecule has 1 aromatic carbocycles. The highest BCUT2D eigenvalue weighted by atomic mass is 16.5. The van der Waals surface area contributed by atoms with Crippen LogP contribution in [0, 0.1) is 0 Å². The van der Waals surface area contributed by atoms with Crippen LogP contribution in [0.5, 0.6) is 5.75 Å². The predicted octanol–water partition coefficient (Wildman–Crippen LogP) is 1.19. The molecule has 8 nitrogen and oxygen atoms in total. The number of carbonyl (C=O) groups excluding carboxylic acids is 3. The molecule has 0 bridgehead atoms. The largest absolute Gasteiger partial charge is 0.508 e. The molecule has 3 atom stereocenters. The predicted molar refractivity (Wildman–Crippen MR) is 98.7 cm³/mol. The van der Waals surface area contributed by atoms with E-state index < -0.39 is 29.5 Å². The number of carbonyl (C=O) groups is 3. The van der Waals surface area contributed by atoms with Crippen molar-refractivity contribution in [1.29, 1.82) is 0 Å². The highest BCUT2D eigenvalue weighted by Crippen LogP contribution is 2.22. The van der Waals surface area contributed by atoms with Crippen LogP contribution in [0.2, 0.25) is 0 Å². The maximum atomic E-state index is 13.0. The molecular formula is C20H22N2O6. The van der Waals surface area contributed by atoms with E-state index >= 15 is 0 Å². The SMILES string of the molecule is C[C@H]1OCC(=O)[C@]1(C)NC(=O)[C@H](Cc1ccc(O)cc1)NC(=O)c1ccoc1. The molecule has 8 heteroatoms. The zero-order valence-electron chi connectivity index (χ0n) is 15.6. The first kappa shape index (κ1) is 19.6. The number of nitrogens with one attached hydrogen (secondary N) is 2. The number of benzene rings is 1. The van der Waals surface area contributed by atoms with Crippen molar-refractivity contribution < 1.29 is 28.6 Å². The first-order chi connectivity index (χ1) is 13.3. The van der Waals surface area contributed by atoms with Gasteiger partial charge in [0.1, 0.15) is 30.2 Å². The normalized spacial score (nSPS) is 22.6. The summed E-state index contributed by atoms with van der Waals surface area (Å²) in [6.45, 7) is 3.26. The number of rotatable bonds is 6. The average molecular weight is 386 g/mol. The lowest BCUT2D eigenvalue weighted by atomic mass is 9.92. The van der Waals surface area contributed by atoms with Gasteiger partial charge in [0.2, 0.25) is 5.91 Å². The highest BCUT2D eigenvalue weighted by Gasteiger charge is 2.47. The van der Waals surface area contributed by atoms with E-state index in [0.717, 1.165) is 5.56 Å². The minimum atomic E-state index is -1.16. The minimum absolute atomic E-state index is 0.0675. The van der Waals surface area contributed by atoms with Crippen LogP contribution >= 0.6 is 0 Å². The molecule has 1 aromatic heterocycles. The molecule has 3 rings (SSSR count). The summed E-state index contributed by atoms with van der Waals surface area (Å²) >= 11 is 0. The van der Waals surface area contributed by atoms with Gasteiger partial charge >= 0.3 is 0 Å². The second-order valence-corrected chi connectivity index (χ2v) is 6.98. The van der Waals surface area contributed by atoms with Crippen LogP contribution in [0.3, 0.4) is 0 Å². The van der Waals surface area contributed by atoms with Crippen LogP contribution in [0.25, 0.3) is 0 Å². The summed E-state index contributed by atoms with van der Waals surface area (Å²) < 4.78 is 10.3. The van der Waals surface area contributed by atoms with Gasteiger partial charge in [-0.25, -0.2) is 0 Å². The number of aromatic hydroxyl groups is 1. The zero-order valence-corrected chi connectivity index (χ0v) is 15.6. The number of hydrogen-bond donors (Lipinski definition) is 3. The van der Waals surface area contributed by atoms with Crippen LogP contribution in [0.15, 0.2) is 47.3 Å². The van der Waals surface area contributed by atoms with E-state index in [9.17, 15) is 19.5 Å². The summed E-state index contributed by atoms with van der Waals surface area (Å²) in [7, 11) is 0. The van der Waals surface area contributed by atoms with Crippen molar-refractivity contribution in [3.63, 3.8) is 0 Å². The smallest absolute Gasteiger partial charge is 0.255 e. The fraction of sp³-hybridized carbons (Fsp3) is 0.350. The third-order valence-corrected chi connectivity index (χ3v) is 5.02. The van der Waals surface area contributed by atoms with E-state index in [1.54, 1.807) is 26.0 Å². The molecule has 0 radical (unpaired) electrons. The summed E-state index contributed by atoms with van der Waals surface area (Å²) in [6.07, 6.45) is 2.33. The lowest BCUT2D eigenvalue weighted by Gasteiger charge is -2.29. The molecule has 28 heavy (non-hydrogen) atoms. The van der Waals surface area contributed by atoms with E-state index in [1.165, 1.54) is 30.7 Å². The third kappa shape index (κ3) is 4.07. The van der Waals surface area contributed by atoms with Crippen LogP contribution in [-0.2, 0) is 20.7 Å². The van der Waals surface area contributed by atoms with Crippen LogP contribution in [0.1, 0.15) is 29.8 Å². The van der Waals surface area contributed by atoms with Crippen molar-refractivity contribution in [2.24, 2.45) is 0 Å². The average Bonchev–Trinajstić information content (AvgIpc) is 3.28. The van der Waals surface area contributed by atoms with Crippen molar-refractivity contribution in [2.45, 2.75) is 38.0 Å². The number of hydrogen-bond acceptors (Lipinski definition) is 6. The van der Waals surface area contributed by atoms with Gasteiger partial charge in [-0.3, -0.25) is 14.4 Å². The van der Waals surface area contributed by atoms with Gasteiger partial charge in [-0.05, 0) is 37.6 Å². The number of furan rings is 1. The summed E-state index contributed by atoms with van der Waals surface area (Å²) in [6, 6.07) is 6.87. The number of Topliss-reactive ketones (excluding diaryl/α,β-unsaturated/α-hetero) is 1. The summed E-state index contributed by atoms with van der Waals surface area (Å²) in [5.74, 6) is -1.10. The minimum Gasteiger partial charge on any atom is -0.508 e. The first-order valence-corrected chi connectivity index (χ1v) is 8.87. The molecule has 1 fully saturated rings. The monoisotopic (exact) mass is 386 g/mol. The molecule has 0 spiro atoms.